The Morgan fingerprint density at radius 1 is 0.958 bits per heavy atom. The van der Waals surface area contributed by atoms with E-state index in [-0.39, 0.29) is 5.91 Å². The first-order valence-corrected chi connectivity index (χ1v) is 9.75. The Morgan fingerprint density at radius 2 is 1.75 bits per heavy atom. The highest BCUT2D eigenvalue weighted by Crippen LogP contribution is 2.22. The van der Waals surface area contributed by atoms with Crippen LogP contribution in [0.25, 0.3) is 0 Å². The van der Waals surface area contributed by atoms with Gasteiger partial charge in [0.05, 0.1) is 0 Å². The number of carbonyl (C=O) groups excluding carboxylic acids is 1. The fraction of sp³-hybridized carbons (Fsp3) is 0.150. The first kappa shape index (κ1) is 16.8. The minimum atomic E-state index is -0.00572. The molecule has 0 aliphatic carbocycles. The summed E-state index contributed by atoms with van der Waals surface area (Å²) < 4.78 is 0. The van der Waals surface area contributed by atoms with Crippen LogP contribution in [0, 0.1) is 0 Å². The molecule has 1 aromatic heterocycles. The van der Waals surface area contributed by atoms with Crippen molar-refractivity contribution in [2.45, 2.75) is 17.1 Å². The molecule has 0 spiro atoms. The van der Waals surface area contributed by atoms with E-state index in [0.717, 1.165) is 17.7 Å². The number of hydrogen-bond donors (Lipinski definition) is 1. The maximum Gasteiger partial charge on any atom is 0.251 e. The molecular formula is C20H19NOS2. The zero-order valence-corrected chi connectivity index (χ0v) is 14.9. The molecule has 0 radical (unpaired) electrons. The summed E-state index contributed by atoms with van der Waals surface area (Å²) in [5.41, 5.74) is 1.94. The predicted octanol–water partition coefficient (Wildman–Crippen LogP) is 5.01. The summed E-state index contributed by atoms with van der Waals surface area (Å²) in [6.07, 6.45) is 0.884. The standard InChI is InChI=1S/C20H19NOS2/c22-20(21-13-12-19-7-4-14-23-19)17-10-8-16(9-11-17)15-24-18-5-2-1-3-6-18/h1-11,14H,12-13,15H2,(H,21,22). The van der Waals surface area contributed by atoms with Gasteiger partial charge in [0.25, 0.3) is 5.91 Å². The number of thioether (sulfide) groups is 1. The monoisotopic (exact) mass is 353 g/mol. The van der Waals surface area contributed by atoms with Crippen molar-refractivity contribution in [2.75, 3.05) is 6.54 Å². The molecule has 0 aliphatic heterocycles. The maximum absolute atomic E-state index is 12.2. The van der Waals surface area contributed by atoms with Crippen molar-refractivity contribution >= 4 is 29.0 Å². The highest BCUT2D eigenvalue weighted by atomic mass is 32.2. The van der Waals surface area contributed by atoms with Crippen LogP contribution in [0.1, 0.15) is 20.8 Å². The molecule has 4 heteroatoms. The molecule has 3 aromatic rings. The first-order chi connectivity index (χ1) is 11.8. The smallest absolute Gasteiger partial charge is 0.251 e. The van der Waals surface area contributed by atoms with E-state index < -0.39 is 0 Å². The van der Waals surface area contributed by atoms with E-state index in [0.29, 0.717) is 6.54 Å². The summed E-state index contributed by atoms with van der Waals surface area (Å²) >= 11 is 3.52. The fourth-order valence-electron chi connectivity index (χ4n) is 2.29. The zero-order valence-electron chi connectivity index (χ0n) is 13.3. The quantitative estimate of drug-likeness (QED) is 0.605. The Labute approximate surface area is 150 Å². The van der Waals surface area contributed by atoms with Crippen LogP contribution in [-0.4, -0.2) is 12.5 Å². The maximum atomic E-state index is 12.2. The molecule has 0 unspecified atom stereocenters. The topological polar surface area (TPSA) is 29.1 Å². The van der Waals surface area contributed by atoms with Crippen LogP contribution in [-0.2, 0) is 12.2 Å². The summed E-state index contributed by atoms with van der Waals surface area (Å²) in [6, 6.07) is 22.3. The number of amides is 1. The molecule has 1 N–H and O–H groups in total. The molecule has 0 fully saturated rings. The van der Waals surface area contributed by atoms with Crippen LogP contribution in [0.4, 0.5) is 0 Å². The normalized spacial score (nSPS) is 10.5. The lowest BCUT2D eigenvalue weighted by molar-refractivity contribution is 0.0954. The van der Waals surface area contributed by atoms with Crippen molar-refractivity contribution in [1.82, 2.24) is 5.32 Å². The summed E-state index contributed by atoms with van der Waals surface area (Å²) in [5.74, 6) is 0.901. The molecular weight excluding hydrogens is 334 g/mol. The number of carbonyl (C=O) groups is 1. The summed E-state index contributed by atoms with van der Waals surface area (Å²) in [4.78, 5) is 14.7. The molecule has 1 amide bonds. The lowest BCUT2D eigenvalue weighted by atomic mass is 10.1. The average molecular weight is 354 g/mol. The first-order valence-electron chi connectivity index (χ1n) is 7.88. The van der Waals surface area contributed by atoms with E-state index in [1.165, 1.54) is 15.3 Å². The summed E-state index contributed by atoms with van der Waals surface area (Å²) in [6.45, 7) is 0.672. The third-order valence-electron chi connectivity index (χ3n) is 3.60. The largest absolute Gasteiger partial charge is 0.352 e. The van der Waals surface area contributed by atoms with Crippen molar-refractivity contribution in [3.05, 3.63) is 88.1 Å². The molecule has 0 saturated carbocycles. The second-order valence-corrected chi connectivity index (χ2v) is 7.46. The lowest BCUT2D eigenvalue weighted by Crippen LogP contribution is -2.25. The third-order valence-corrected chi connectivity index (χ3v) is 5.62. The Morgan fingerprint density at radius 3 is 2.46 bits per heavy atom. The van der Waals surface area contributed by atoms with E-state index in [1.807, 2.05) is 48.5 Å². The second-order valence-electron chi connectivity index (χ2n) is 5.38. The number of nitrogens with one attached hydrogen (secondary N) is 1. The van der Waals surface area contributed by atoms with E-state index in [2.05, 4.69) is 28.9 Å². The highest BCUT2D eigenvalue weighted by Gasteiger charge is 2.05. The van der Waals surface area contributed by atoms with E-state index >= 15 is 0 Å². The van der Waals surface area contributed by atoms with Crippen molar-refractivity contribution in [3.8, 4) is 0 Å². The molecule has 0 bridgehead atoms. The van der Waals surface area contributed by atoms with Gasteiger partial charge >= 0.3 is 0 Å². The van der Waals surface area contributed by atoms with E-state index in [4.69, 9.17) is 0 Å². The van der Waals surface area contributed by atoms with Crippen LogP contribution in [0.15, 0.2) is 77.0 Å². The Hall–Kier alpha value is -2.04. The van der Waals surface area contributed by atoms with Crippen LogP contribution < -0.4 is 5.32 Å². The number of thiophene rings is 1. The van der Waals surface area contributed by atoms with Gasteiger partial charge in [0, 0.05) is 27.6 Å². The molecule has 122 valence electrons. The van der Waals surface area contributed by atoms with Gasteiger partial charge in [0.15, 0.2) is 0 Å². The van der Waals surface area contributed by atoms with Crippen LogP contribution >= 0.6 is 23.1 Å². The molecule has 24 heavy (non-hydrogen) atoms. The number of hydrogen-bond acceptors (Lipinski definition) is 3. The zero-order chi connectivity index (χ0) is 16.6. The Kier molecular flexibility index (Phi) is 6.10. The van der Waals surface area contributed by atoms with Crippen molar-refractivity contribution in [2.24, 2.45) is 0 Å². The van der Waals surface area contributed by atoms with Gasteiger partial charge in [0.1, 0.15) is 0 Å². The predicted molar refractivity (Wildman–Crippen MR) is 103 cm³/mol. The average Bonchev–Trinajstić information content (AvgIpc) is 3.15. The van der Waals surface area contributed by atoms with Gasteiger partial charge < -0.3 is 5.32 Å². The SMILES string of the molecule is O=C(NCCc1cccs1)c1ccc(CSc2ccccc2)cc1. The van der Waals surface area contributed by atoms with Crippen LogP contribution in [0.2, 0.25) is 0 Å². The van der Waals surface area contributed by atoms with Crippen LogP contribution in [0.5, 0.6) is 0 Å². The molecule has 0 aliphatic rings. The van der Waals surface area contributed by atoms with Gasteiger partial charge in [-0.25, -0.2) is 0 Å². The Balaban J connectivity index is 1.47. The molecule has 3 rings (SSSR count). The molecule has 1 heterocycles. The van der Waals surface area contributed by atoms with Gasteiger partial charge in [-0.2, -0.15) is 0 Å². The Bertz CT molecular complexity index is 752. The van der Waals surface area contributed by atoms with Gasteiger partial charge in [-0.3, -0.25) is 4.79 Å². The minimum Gasteiger partial charge on any atom is -0.352 e. The van der Waals surface area contributed by atoms with E-state index in [1.54, 1.807) is 23.1 Å². The summed E-state index contributed by atoms with van der Waals surface area (Å²) in [7, 11) is 0. The third kappa shape index (κ3) is 4.98. The second kappa shape index (κ2) is 8.71. The van der Waals surface area contributed by atoms with Crippen LogP contribution in [0.3, 0.4) is 0 Å². The van der Waals surface area contributed by atoms with Crippen molar-refractivity contribution < 1.29 is 4.79 Å². The molecule has 0 saturated heterocycles. The highest BCUT2D eigenvalue weighted by molar-refractivity contribution is 7.98. The summed E-state index contributed by atoms with van der Waals surface area (Å²) in [5, 5.41) is 5.04. The van der Waals surface area contributed by atoms with Gasteiger partial charge in [-0.1, -0.05) is 36.4 Å². The molecule has 2 nitrogen and oxygen atoms in total. The minimum absolute atomic E-state index is 0.00572. The van der Waals surface area contributed by atoms with Gasteiger partial charge in [-0.15, -0.1) is 23.1 Å². The fourth-order valence-corrected chi connectivity index (χ4v) is 3.88. The van der Waals surface area contributed by atoms with E-state index in [9.17, 15) is 4.79 Å². The lowest BCUT2D eigenvalue weighted by Gasteiger charge is -2.06. The van der Waals surface area contributed by atoms with Gasteiger partial charge in [0.2, 0.25) is 0 Å². The van der Waals surface area contributed by atoms with Crippen molar-refractivity contribution in [3.63, 3.8) is 0 Å². The number of rotatable bonds is 7. The van der Waals surface area contributed by atoms with Crippen molar-refractivity contribution in [1.29, 1.82) is 0 Å². The molecule has 2 aromatic carbocycles. The molecule has 0 atom stereocenters. The number of benzene rings is 2. The van der Waals surface area contributed by atoms with Gasteiger partial charge in [-0.05, 0) is 47.7 Å².